The zero-order valence-corrected chi connectivity index (χ0v) is 33.5. The summed E-state index contributed by atoms with van der Waals surface area (Å²) >= 11 is 0. The normalized spacial score (nSPS) is 18.7. The number of nitrogens with zero attached hydrogens (tertiary/aromatic N) is 1. The number of methoxy groups -OCH3 is 2. The Balaban J connectivity index is 1.65. The lowest BCUT2D eigenvalue weighted by molar-refractivity contribution is -0.145. The van der Waals surface area contributed by atoms with E-state index < -0.39 is 65.2 Å². The maximum absolute atomic E-state index is 14.7. The fourth-order valence-electron chi connectivity index (χ4n) is 6.16. The third-order valence-corrected chi connectivity index (χ3v) is 11.4. The van der Waals surface area contributed by atoms with Crippen LogP contribution in [0.2, 0.25) is 0 Å². The lowest BCUT2D eigenvalue weighted by Crippen LogP contribution is -2.39. The number of rotatable bonds is 13. The van der Waals surface area contributed by atoms with Crippen LogP contribution < -0.4 is 20.7 Å². The maximum Gasteiger partial charge on any atom is 0.449 e. The Hall–Kier alpha value is -4.81. The first-order valence-electron chi connectivity index (χ1n) is 17.9. The summed E-state index contributed by atoms with van der Waals surface area (Å²) in [5.74, 6) is 0.356. The molecule has 0 saturated carbocycles. The van der Waals surface area contributed by atoms with E-state index in [4.69, 9.17) is 28.0 Å². The van der Waals surface area contributed by atoms with Crippen LogP contribution in [0.4, 0.5) is 0 Å². The van der Waals surface area contributed by atoms with Crippen molar-refractivity contribution in [1.29, 1.82) is 0 Å². The molecule has 1 fully saturated rings. The third kappa shape index (κ3) is 8.86. The standard InChI is InChI=1S/C41H49N2O11P/c1-26-24-43(38(47)42-35(26)44)34-23-32(53-55(48,37(46)40(5,6)7)54-36(45)39(2,3)4)33(52-34)25-51-41(27-13-11-10-12-14-27,28-15-19-30(49-8)20-16-28)29-17-21-31(50-9)22-18-29/h10-22,24,32-34H,23,25H2,1-9H3,(H,42,44,47)/t32-,33+,34+,55?/m0/s1. The van der Waals surface area contributed by atoms with Gasteiger partial charge in [0.1, 0.15) is 35.5 Å². The van der Waals surface area contributed by atoms with Gasteiger partial charge < -0.3 is 23.5 Å². The van der Waals surface area contributed by atoms with Gasteiger partial charge in [0.25, 0.3) is 11.1 Å². The SMILES string of the molecule is COc1ccc(C(OC[C@H]2O[C@@H](n3cc(C)c(=O)[nH]c3=O)C[C@@H]2OP(=O)(OC(=O)C(C)(C)C)C(=O)C(C)(C)C)(c2ccccc2)c2ccc(OC)cc2)cc1. The van der Waals surface area contributed by atoms with E-state index in [1.54, 1.807) is 62.7 Å². The average molecular weight is 777 g/mol. The molecule has 4 atom stereocenters. The summed E-state index contributed by atoms with van der Waals surface area (Å²) < 4.78 is 52.0. The minimum Gasteiger partial charge on any atom is -0.497 e. The van der Waals surface area contributed by atoms with Gasteiger partial charge in [0.2, 0.25) is 0 Å². The van der Waals surface area contributed by atoms with Crippen molar-refractivity contribution in [3.63, 3.8) is 0 Å². The molecule has 0 amide bonds. The van der Waals surface area contributed by atoms with E-state index in [0.717, 1.165) is 16.7 Å². The molecule has 3 aromatic carbocycles. The Labute approximate surface area is 320 Å². The molecule has 1 unspecified atom stereocenters. The van der Waals surface area contributed by atoms with Crippen LogP contribution in [0, 0.1) is 17.8 Å². The Kier molecular flexibility index (Phi) is 12.1. The predicted molar refractivity (Wildman–Crippen MR) is 205 cm³/mol. The van der Waals surface area contributed by atoms with Gasteiger partial charge in [-0.3, -0.25) is 28.5 Å². The van der Waals surface area contributed by atoms with Crippen molar-refractivity contribution < 1.29 is 42.1 Å². The van der Waals surface area contributed by atoms with E-state index in [-0.39, 0.29) is 18.6 Å². The summed E-state index contributed by atoms with van der Waals surface area (Å²) in [5, 5.41) is 0. The number of benzene rings is 3. The highest BCUT2D eigenvalue weighted by Crippen LogP contribution is 2.58. The summed E-state index contributed by atoms with van der Waals surface area (Å²) in [6.07, 6.45) is -2.15. The van der Waals surface area contributed by atoms with Gasteiger partial charge in [-0.2, -0.15) is 0 Å². The van der Waals surface area contributed by atoms with Gasteiger partial charge in [-0.15, -0.1) is 0 Å². The van der Waals surface area contributed by atoms with Crippen LogP contribution in [0.5, 0.6) is 11.5 Å². The molecule has 0 radical (unpaired) electrons. The Morgan fingerprint density at radius 1 is 0.818 bits per heavy atom. The highest BCUT2D eigenvalue weighted by molar-refractivity contribution is 7.72. The van der Waals surface area contributed by atoms with E-state index in [1.807, 2.05) is 78.9 Å². The molecular weight excluding hydrogens is 727 g/mol. The van der Waals surface area contributed by atoms with Gasteiger partial charge in [0.15, 0.2) is 0 Å². The zero-order chi connectivity index (χ0) is 40.3. The van der Waals surface area contributed by atoms with Crippen LogP contribution in [0.15, 0.2) is 94.6 Å². The minimum atomic E-state index is -4.87. The third-order valence-electron chi connectivity index (χ3n) is 9.25. The Bertz CT molecular complexity index is 2100. The van der Waals surface area contributed by atoms with Gasteiger partial charge in [-0.1, -0.05) is 75.4 Å². The highest BCUT2D eigenvalue weighted by Gasteiger charge is 2.52. The summed E-state index contributed by atoms with van der Waals surface area (Å²) in [5.41, 5.74) is -3.45. The van der Waals surface area contributed by atoms with Crippen LogP contribution >= 0.6 is 7.60 Å². The molecule has 0 aliphatic carbocycles. The minimum absolute atomic E-state index is 0.128. The van der Waals surface area contributed by atoms with E-state index in [2.05, 4.69) is 4.98 Å². The molecule has 0 spiro atoms. The zero-order valence-electron chi connectivity index (χ0n) is 32.6. The first kappa shape index (κ1) is 41.4. The van der Waals surface area contributed by atoms with Gasteiger partial charge in [-0.05, 0) is 68.7 Å². The van der Waals surface area contributed by atoms with Crippen molar-refractivity contribution in [2.24, 2.45) is 10.8 Å². The fourth-order valence-corrected chi connectivity index (χ4v) is 8.27. The first-order valence-corrected chi connectivity index (χ1v) is 19.4. The molecule has 14 heteroatoms. The summed E-state index contributed by atoms with van der Waals surface area (Å²) in [4.78, 5) is 54.7. The number of aromatic amines is 1. The largest absolute Gasteiger partial charge is 0.497 e. The van der Waals surface area contributed by atoms with Crippen LogP contribution in [0.3, 0.4) is 0 Å². The molecule has 55 heavy (non-hydrogen) atoms. The van der Waals surface area contributed by atoms with Crippen LogP contribution in [0.25, 0.3) is 0 Å². The molecule has 1 aromatic heterocycles. The summed E-state index contributed by atoms with van der Waals surface area (Å²) in [6, 6.07) is 24.3. The molecular formula is C41H49N2O11P. The molecule has 13 nitrogen and oxygen atoms in total. The molecule has 1 saturated heterocycles. The molecule has 0 bridgehead atoms. The number of carbonyl (C=O) groups excluding carboxylic acids is 2. The maximum atomic E-state index is 14.7. The van der Waals surface area contributed by atoms with E-state index in [9.17, 15) is 23.7 Å². The number of aryl methyl sites for hydroxylation is 1. The summed E-state index contributed by atoms with van der Waals surface area (Å²) in [6.45, 7) is 10.6. The number of hydrogen-bond donors (Lipinski definition) is 1. The van der Waals surface area contributed by atoms with Gasteiger partial charge in [0.05, 0.1) is 26.2 Å². The van der Waals surface area contributed by atoms with Crippen molar-refractivity contribution in [2.45, 2.75) is 78.9 Å². The first-order chi connectivity index (χ1) is 25.8. The number of aromatic nitrogens is 2. The predicted octanol–water partition coefficient (Wildman–Crippen LogP) is 6.90. The molecule has 1 aliphatic heterocycles. The monoisotopic (exact) mass is 776 g/mol. The van der Waals surface area contributed by atoms with Crippen molar-refractivity contribution >= 4 is 19.1 Å². The second-order valence-electron chi connectivity index (χ2n) is 15.5. The van der Waals surface area contributed by atoms with Crippen LogP contribution in [-0.2, 0) is 38.3 Å². The van der Waals surface area contributed by atoms with Crippen molar-refractivity contribution in [1.82, 2.24) is 9.55 Å². The lowest BCUT2D eigenvalue weighted by atomic mass is 9.80. The van der Waals surface area contributed by atoms with Gasteiger partial charge >= 0.3 is 19.3 Å². The van der Waals surface area contributed by atoms with E-state index >= 15 is 0 Å². The quantitative estimate of drug-likeness (QED) is 0.111. The van der Waals surface area contributed by atoms with Crippen LogP contribution in [0.1, 0.15) is 76.4 Å². The second-order valence-corrected chi connectivity index (χ2v) is 17.3. The second kappa shape index (κ2) is 16.1. The molecule has 1 aliphatic rings. The molecule has 1 N–H and O–H groups in total. The van der Waals surface area contributed by atoms with Gasteiger partial charge in [-0.25, -0.2) is 9.36 Å². The number of carbonyl (C=O) groups is 2. The molecule has 4 aromatic rings. The van der Waals surface area contributed by atoms with Crippen molar-refractivity contribution in [2.75, 3.05) is 20.8 Å². The topological polar surface area (TPSA) is 161 Å². The van der Waals surface area contributed by atoms with E-state index in [0.29, 0.717) is 11.5 Å². The molecule has 2 heterocycles. The summed E-state index contributed by atoms with van der Waals surface area (Å²) in [7, 11) is -1.72. The number of H-pyrrole nitrogens is 1. The molecule has 294 valence electrons. The lowest BCUT2D eigenvalue weighted by Gasteiger charge is -2.37. The average Bonchev–Trinajstić information content (AvgIpc) is 3.54. The Morgan fingerprint density at radius 2 is 1.35 bits per heavy atom. The smallest absolute Gasteiger partial charge is 0.449 e. The van der Waals surface area contributed by atoms with Crippen molar-refractivity contribution in [3.05, 3.63) is 128 Å². The van der Waals surface area contributed by atoms with Crippen molar-refractivity contribution in [3.8, 4) is 11.5 Å². The fraction of sp³-hybridized carbons (Fsp3) is 0.415. The highest BCUT2D eigenvalue weighted by atomic mass is 31.2. The number of hydrogen-bond acceptors (Lipinski definition) is 11. The Morgan fingerprint density at radius 3 is 1.84 bits per heavy atom. The molecule has 5 rings (SSSR count). The van der Waals surface area contributed by atoms with Crippen LogP contribution in [-0.4, -0.2) is 54.1 Å². The number of nitrogens with one attached hydrogen (secondary N) is 1. The van der Waals surface area contributed by atoms with Gasteiger partial charge in [0, 0.05) is 23.6 Å². The number of ether oxygens (including phenoxy) is 4. The van der Waals surface area contributed by atoms with E-state index in [1.165, 1.54) is 10.8 Å².